The SMILES string of the molecule is Cc1cc(C)c([C@@H](C)NC(=O)NC2CCCCC2)cc1C. The van der Waals surface area contributed by atoms with Crippen molar-refractivity contribution in [2.75, 3.05) is 0 Å². The Kier molecular flexibility index (Phi) is 5.27. The molecule has 0 saturated heterocycles. The van der Waals surface area contributed by atoms with Crippen LogP contribution in [0.1, 0.15) is 67.3 Å². The molecule has 0 heterocycles. The van der Waals surface area contributed by atoms with Crippen molar-refractivity contribution in [2.45, 2.75) is 71.9 Å². The average Bonchev–Trinajstić information content (AvgIpc) is 2.43. The zero-order chi connectivity index (χ0) is 15.4. The van der Waals surface area contributed by atoms with Crippen LogP contribution in [-0.4, -0.2) is 12.1 Å². The Labute approximate surface area is 128 Å². The molecule has 3 heteroatoms. The molecule has 2 amide bonds. The van der Waals surface area contributed by atoms with Gasteiger partial charge in [0.15, 0.2) is 0 Å². The van der Waals surface area contributed by atoms with E-state index >= 15 is 0 Å². The molecule has 1 aliphatic rings. The first-order chi connectivity index (χ1) is 9.97. The second-order valence-corrected chi connectivity index (χ2v) is 6.47. The van der Waals surface area contributed by atoms with Gasteiger partial charge in [-0.25, -0.2) is 4.79 Å². The number of carbonyl (C=O) groups excluding carboxylic acids is 1. The van der Waals surface area contributed by atoms with Gasteiger partial charge in [-0.3, -0.25) is 0 Å². The lowest BCUT2D eigenvalue weighted by atomic mass is 9.95. The predicted molar refractivity (Wildman–Crippen MR) is 87.6 cm³/mol. The summed E-state index contributed by atoms with van der Waals surface area (Å²) >= 11 is 0. The van der Waals surface area contributed by atoms with Gasteiger partial charge in [0.2, 0.25) is 0 Å². The van der Waals surface area contributed by atoms with Crippen LogP contribution in [0, 0.1) is 20.8 Å². The third-order valence-corrected chi connectivity index (χ3v) is 4.64. The first-order valence-electron chi connectivity index (χ1n) is 8.12. The molecule has 1 aromatic rings. The van der Waals surface area contributed by atoms with E-state index in [1.54, 1.807) is 0 Å². The van der Waals surface area contributed by atoms with E-state index in [0.717, 1.165) is 12.8 Å². The number of carbonyl (C=O) groups is 1. The summed E-state index contributed by atoms with van der Waals surface area (Å²) in [5.74, 6) is 0. The molecule has 116 valence electrons. The number of urea groups is 1. The van der Waals surface area contributed by atoms with E-state index in [1.807, 2.05) is 0 Å². The van der Waals surface area contributed by atoms with E-state index in [-0.39, 0.29) is 12.1 Å². The molecule has 0 spiro atoms. The van der Waals surface area contributed by atoms with Crippen molar-refractivity contribution in [1.29, 1.82) is 0 Å². The smallest absolute Gasteiger partial charge is 0.315 e. The molecular weight excluding hydrogens is 260 g/mol. The van der Waals surface area contributed by atoms with Gasteiger partial charge in [0.05, 0.1) is 6.04 Å². The lowest BCUT2D eigenvalue weighted by Gasteiger charge is -2.25. The summed E-state index contributed by atoms with van der Waals surface area (Å²) in [6, 6.07) is 4.74. The molecular formula is C18H28N2O. The van der Waals surface area contributed by atoms with Crippen LogP contribution in [0.15, 0.2) is 12.1 Å². The molecule has 0 bridgehead atoms. The van der Waals surface area contributed by atoms with Crippen LogP contribution < -0.4 is 10.6 Å². The Morgan fingerprint density at radius 1 is 1.05 bits per heavy atom. The third-order valence-electron chi connectivity index (χ3n) is 4.64. The van der Waals surface area contributed by atoms with Crippen molar-refractivity contribution in [3.8, 4) is 0 Å². The summed E-state index contributed by atoms with van der Waals surface area (Å²) in [6.45, 7) is 8.41. The maximum absolute atomic E-state index is 12.1. The number of rotatable bonds is 3. The Morgan fingerprint density at radius 2 is 1.67 bits per heavy atom. The first kappa shape index (κ1) is 15.9. The van der Waals surface area contributed by atoms with Crippen LogP contribution in [0.5, 0.6) is 0 Å². The van der Waals surface area contributed by atoms with E-state index in [9.17, 15) is 4.79 Å². The van der Waals surface area contributed by atoms with Crippen LogP contribution in [-0.2, 0) is 0 Å². The Morgan fingerprint density at radius 3 is 2.33 bits per heavy atom. The van der Waals surface area contributed by atoms with Crippen molar-refractivity contribution in [1.82, 2.24) is 10.6 Å². The molecule has 1 aliphatic carbocycles. The summed E-state index contributed by atoms with van der Waals surface area (Å²) in [4.78, 5) is 12.1. The number of nitrogens with one attached hydrogen (secondary N) is 2. The van der Waals surface area contributed by atoms with E-state index in [1.165, 1.54) is 41.5 Å². The molecule has 1 fully saturated rings. The van der Waals surface area contributed by atoms with Crippen LogP contribution in [0.3, 0.4) is 0 Å². The van der Waals surface area contributed by atoms with Crippen molar-refractivity contribution >= 4 is 6.03 Å². The van der Waals surface area contributed by atoms with Gasteiger partial charge < -0.3 is 10.6 Å². The van der Waals surface area contributed by atoms with E-state index in [2.05, 4.69) is 50.5 Å². The second kappa shape index (κ2) is 6.97. The molecule has 0 aliphatic heterocycles. The van der Waals surface area contributed by atoms with Crippen molar-refractivity contribution in [3.05, 3.63) is 34.4 Å². The van der Waals surface area contributed by atoms with Crippen LogP contribution in [0.4, 0.5) is 4.79 Å². The third kappa shape index (κ3) is 4.23. The summed E-state index contributed by atoms with van der Waals surface area (Å²) in [7, 11) is 0. The molecule has 2 rings (SSSR count). The van der Waals surface area contributed by atoms with Gasteiger partial charge >= 0.3 is 6.03 Å². The van der Waals surface area contributed by atoms with Gasteiger partial charge in [-0.15, -0.1) is 0 Å². The summed E-state index contributed by atoms with van der Waals surface area (Å²) in [5, 5.41) is 6.20. The second-order valence-electron chi connectivity index (χ2n) is 6.47. The van der Waals surface area contributed by atoms with Gasteiger partial charge in [0.25, 0.3) is 0 Å². The molecule has 1 saturated carbocycles. The Hall–Kier alpha value is -1.51. The minimum absolute atomic E-state index is 0.0351. The summed E-state index contributed by atoms with van der Waals surface area (Å²) < 4.78 is 0. The lowest BCUT2D eigenvalue weighted by Crippen LogP contribution is -2.43. The molecule has 2 N–H and O–H groups in total. The molecule has 1 aromatic carbocycles. The Balaban J connectivity index is 1.95. The maximum atomic E-state index is 12.1. The molecule has 0 unspecified atom stereocenters. The molecule has 1 atom stereocenters. The van der Waals surface area contributed by atoms with Gasteiger partial charge in [-0.1, -0.05) is 31.4 Å². The normalized spacial score (nSPS) is 17.3. The van der Waals surface area contributed by atoms with E-state index in [0.29, 0.717) is 6.04 Å². The largest absolute Gasteiger partial charge is 0.335 e. The predicted octanol–water partition coefficient (Wildman–Crippen LogP) is 4.30. The number of benzene rings is 1. The standard InChI is InChI=1S/C18H28N2O/c1-12-10-14(3)17(11-13(12)2)15(4)19-18(21)20-16-8-6-5-7-9-16/h10-11,15-16H,5-9H2,1-4H3,(H2,19,20,21)/t15-/m1/s1. The quantitative estimate of drug-likeness (QED) is 0.855. The number of hydrogen-bond acceptors (Lipinski definition) is 1. The zero-order valence-electron chi connectivity index (χ0n) is 13.8. The average molecular weight is 288 g/mol. The summed E-state index contributed by atoms with van der Waals surface area (Å²) in [5.41, 5.74) is 5.02. The molecule has 3 nitrogen and oxygen atoms in total. The lowest BCUT2D eigenvalue weighted by molar-refractivity contribution is 0.229. The van der Waals surface area contributed by atoms with Crippen molar-refractivity contribution in [3.63, 3.8) is 0 Å². The highest BCUT2D eigenvalue weighted by Crippen LogP contribution is 2.22. The highest BCUT2D eigenvalue weighted by Gasteiger charge is 2.18. The zero-order valence-corrected chi connectivity index (χ0v) is 13.8. The fourth-order valence-corrected chi connectivity index (χ4v) is 3.20. The van der Waals surface area contributed by atoms with E-state index < -0.39 is 0 Å². The number of hydrogen-bond donors (Lipinski definition) is 2. The van der Waals surface area contributed by atoms with Crippen LogP contribution >= 0.6 is 0 Å². The molecule has 0 aromatic heterocycles. The number of amides is 2. The Bertz CT molecular complexity index is 504. The maximum Gasteiger partial charge on any atom is 0.315 e. The topological polar surface area (TPSA) is 41.1 Å². The fourth-order valence-electron chi connectivity index (χ4n) is 3.20. The van der Waals surface area contributed by atoms with Crippen molar-refractivity contribution in [2.24, 2.45) is 0 Å². The highest BCUT2D eigenvalue weighted by atomic mass is 16.2. The molecule has 0 radical (unpaired) electrons. The van der Waals surface area contributed by atoms with Crippen molar-refractivity contribution < 1.29 is 4.79 Å². The first-order valence-corrected chi connectivity index (χ1v) is 8.12. The molecule has 21 heavy (non-hydrogen) atoms. The monoisotopic (exact) mass is 288 g/mol. The summed E-state index contributed by atoms with van der Waals surface area (Å²) in [6.07, 6.45) is 6.00. The minimum atomic E-state index is -0.0352. The van der Waals surface area contributed by atoms with Gasteiger partial charge in [0, 0.05) is 6.04 Å². The highest BCUT2D eigenvalue weighted by molar-refractivity contribution is 5.74. The van der Waals surface area contributed by atoms with Gasteiger partial charge in [-0.2, -0.15) is 0 Å². The fraction of sp³-hybridized carbons (Fsp3) is 0.611. The minimum Gasteiger partial charge on any atom is -0.335 e. The van der Waals surface area contributed by atoms with Crippen LogP contribution in [0.2, 0.25) is 0 Å². The number of aryl methyl sites for hydroxylation is 3. The van der Waals surface area contributed by atoms with Gasteiger partial charge in [0.1, 0.15) is 0 Å². The van der Waals surface area contributed by atoms with E-state index in [4.69, 9.17) is 0 Å². The van der Waals surface area contributed by atoms with Gasteiger partial charge in [-0.05, 0) is 62.8 Å². The van der Waals surface area contributed by atoms with Crippen LogP contribution in [0.25, 0.3) is 0 Å².